The van der Waals surface area contributed by atoms with Gasteiger partial charge in [-0.3, -0.25) is 0 Å². The Kier molecular flexibility index (Phi) is 5.65. The van der Waals surface area contributed by atoms with Crippen molar-refractivity contribution in [1.29, 1.82) is 0 Å². The lowest BCUT2D eigenvalue weighted by Crippen LogP contribution is -2.34. The van der Waals surface area contributed by atoms with Crippen LogP contribution in [-0.2, 0) is 13.1 Å². The normalized spacial score (nSPS) is 10.1. The number of benzene rings is 2. The van der Waals surface area contributed by atoms with E-state index < -0.39 is 0 Å². The highest BCUT2D eigenvalue weighted by Gasteiger charge is 1.98. The van der Waals surface area contributed by atoms with Crippen LogP contribution < -0.4 is 10.6 Å². The van der Waals surface area contributed by atoms with E-state index in [2.05, 4.69) is 10.6 Å². The molecule has 0 saturated carbocycles. The standard InChI is InChI=1S/C15H14Cl2N2S/c16-13-6-4-11(5-7-13)9-18-15(20)19-10-12-2-1-3-14(17)8-12/h1-8H,9-10H2,(H2,18,19,20). The summed E-state index contributed by atoms with van der Waals surface area (Å²) in [5.74, 6) is 0. The SMILES string of the molecule is S=C(NCc1ccc(Cl)cc1)NCc1cccc(Cl)c1. The lowest BCUT2D eigenvalue weighted by Gasteiger charge is -2.11. The second kappa shape index (κ2) is 7.48. The number of rotatable bonds is 4. The van der Waals surface area contributed by atoms with Gasteiger partial charge in [-0.05, 0) is 47.6 Å². The third-order valence-corrected chi connectivity index (χ3v) is 3.48. The number of hydrogen-bond acceptors (Lipinski definition) is 1. The van der Waals surface area contributed by atoms with Crippen molar-refractivity contribution in [3.8, 4) is 0 Å². The molecule has 0 atom stereocenters. The first-order valence-corrected chi connectivity index (χ1v) is 7.30. The Morgan fingerprint density at radius 3 is 2.15 bits per heavy atom. The van der Waals surface area contributed by atoms with E-state index in [0.717, 1.165) is 21.2 Å². The second-order valence-corrected chi connectivity index (χ2v) is 5.57. The number of halogens is 2. The van der Waals surface area contributed by atoms with E-state index in [-0.39, 0.29) is 0 Å². The fourth-order valence-corrected chi connectivity index (χ4v) is 2.16. The van der Waals surface area contributed by atoms with Crippen molar-refractivity contribution in [3.05, 3.63) is 69.7 Å². The van der Waals surface area contributed by atoms with Gasteiger partial charge in [0, 0.05) is 23.1 Å². The Morgan fingerprint density at radius 1 is 0.850 bits per heavy atom. The van der Waals surface area contributed by atoms with Gasteiger partial charge in [-0.1, -0.05) is 47.5 Å². The van der Waals surface area contributed by atoms with Gasteiger partial charge < -0.3 is 10.6 Å². The lowest BCUT2D eigenvalue weighted by atomic mass is 10.2. The van der Waals surface area contributed by atoms with Crippen molar-refractivity contribution >= 4 is 40.5 Å². The highest BCUT2D eigenvalue weighted by molar-refractivity contribution is 7.80. The van der Waals surface area contributed by atoms with Gasteiger partial charge in [0.15, 0.2) is 5.11 Å². The molecule has 0 radical (unpaired) electrons. The molecule has 104 valence electrons. The van der Waals surface area contributed by atoms with Gasteiger partial charge in [-0.25, -0.2) is 0 Å². The molecule has 0 aliphatic rings. The van der Waals surface area contributed by atoms with E-state index in [1.807, 2.05) is 48.5 Å². The number of nitrogens with one attached hydrogen (secondary N) is 2. The highest BCUT2D eigenvalue weighted by atomic mass is 35.5. The Balaban J connectivity index is 1.77. The van der Waals surface area contributed by atoms with Crippen LogP contribution in [0.3, 0.4) is 0 Å². The zero-order valence-corrected chi connectivity index (χ0v) is 13.0. The van der Waals surface area contributed by atoms with Gasteiger partial charge in [0.2, 0.25) is 0 Å². The summed E-state index contributed by atoms with van der Waals surface area (Å²) in [5, 5.41) is 8.36. The van der Waals surface area contributed by atoms with E-state index in [1.54, 1.807) is 0 Å². The molecular weight excluding hydrogens is 311 g/mol. The summed E-state index contributed by atoms with van der Waals surface area (Å²) in [7, 11) is 0. The molecule has 2 aromatic carbocycles. The smallest absolute Gasteiger partial charge is 0.166 e. The molecule has 0 fully saturated rings. The summed E-state index contributed by atoms with van der Waals surface area (Å²) in [5.41, 5.74) is 2.22. The van der Waals surface area contributed by atoms with Gasteiger partial charge >= 0.3 is 0 Å². The quantitative estimate of drug-likeness (QED) is 0.826. The van der Waals surface area contributed by atoms with Crippen LogP contribution in [0, 0.1) is 0 Å². The van der Waals surface area contributed by atoms with Crippen LogP contribution in [0.5, 0.6) is 0 Å². The molecule has 0 unspecified atom stereocenters. The largest absolute Gasteiger partial charge is 0.359 e. The summed E-state index contributed by atoms with van der Waals surface area (Å²) in [6.45, 7) is 1.31. The maximum atomic E-state index is 5.93. The van der Waals surface area contributed by atoms with Crippen molar-refractivity contribution in [2.24, 2.45) is 0 Å². The minimum absolute atomic E-state index is 0.611. The maximum absolute atomic E-state index is 5.93. The van der Waals surface area contributed by atoms with E-state index in [0.29, 0.717) is 18.2 Å². The molecule has 0 spiro atoms. The van der Waals surface area contributed by atoms with Crippen molar-refractivity contribution in [2.45, 2.75) is 13.1 Å². The fraction of sp³-hybridized carbons (Fsp3) is 0.133. The van der Waals surface area contributed by atoms with E-state index in [4.69, 9.17) is 35.4 Å². The first kappa shape index (κ1) is 15.1. The Labute approximate surface area is 134 Å². The van der Waals surface area contributed by atoms with Crippen LogP contribution in [0.25, 0.3) is 0 Å². The minimum atomic E-state index is 0.611. The zero-order valence-electron chi connectivity index (χ0n) is 10.7. The summed E-state index contributed by atoms with van der Waals surface area (Å²) >= 11 is 17.0. The monoisotopic (exact) mass is 324 g/mol. The van der Waals surface area contributed by atoms with Crippen molar-refractivity contribution in [1.82, 2.24) is 10.6 Å². The van der Waals surface area contributed by atoms with E-state index in [9.17, 15) is 0 Å². The minimum Gasteiger partial charge on any atom is -0.359 e. The fourth-order valence-electron chi connectivity index (χ4n) is 1.68. The third kappa shape index (κ3) is 5.00. The first-order chi connectivity index (χ1) is 9.63. The van der Waals surface area contributed by atoms with Crippen LogP contribution in [0.15, 0.2) is 48.5 Å². The predicted octanol–water partition coefficient (Wildman–Crippen LogP) is 4.16. The molecule has 0 amide bonds. The first-order valence-electron chi connectivity index (χ1n) is 6.14. The van der Waals surface area contributed by atoms with E-state index in [1.165, 1.54) is 0 Å². The lowest BCUT2D eigenvalue weighted by molar-refractivity contribution is 0.833. The molecule has 0 heterocycles. The highest BCUT2D eigenvalue weighted by Crippen LogP contribution is 2.10. The van der Waals surface area contributed by atoms with Crippen LogP contribution in [0.2, 0.25) is 10.0 Å². The molecule has 5 heteroatoms. The summed E-state index contributed by atoms with van der Waals surface area (Å²) in [4.78, 5) is 0. The van der Waals surface area contributed by atoms with E-state index >= 15 is 0 Å². The number of hydrogen-bond donors (Lipinski definition) is 2. The zero-order chi connectivity index (χ0) is 14.4. The average Bonchev–Trinajstić information content (AvgIpc) is 2.45. The van der Waals surface area contributed by atoms with Gasteiger partial charge in [0.05, 0.1) is 0 Å². The van der Waals surface area contributed by atoms with Crippen LogP contribution in [-0.4, -0.2) is 5.11 Å². The van der Waals surface area contributed by atoms with Crippen molar-refractivity contribution in [2.75, 3.05) is 0 Å². The molecule has 0 aromatic heterocycles. The van der Waals surface area contributed by atoms with Crippen molar-refractivity contribution < 1.29 is 0 Å². The Morgan fingerprint density at radius 2 is 1.50 bits per heavy atom. The van der Waals surface area contributed by atoms with Gasteiger partial charge in [-0.15, -0.1) is 0 Å². The average molecular weight is 325 g/mol. The Bertz CT molecular complexity index is 585. The van der Waals surface area contributed by atoms with Gasteiger partial charge in [-0.2, -0.15) is 0 Å². The molecule has 0 bridgehead atoms. The second-order valence-electron chi connectivity index (χ2n) is 4.29. The number of thiocarbonyl (C=S) groups is 1. The maximum Gasteiger partial charge on any atom is 0.166 e. The third-order valence-electron chi connectivity index (χ3n) is 2.71. The predicted molar refractivity (Wildman–Crippen MR) is 89.2 cm³/mol. The van der Waals surface area contributed by atoms with Gasteiger partial charge in [0.25, 0.3) is 0 Å². The van der Waals surface area contributed by atoms with Gasteiger partial charge in [0.1, 0.15) is 0 Å². The van der Waals surface area contributed by atoms with Crippen molar-refractivity contribution in [3.63, 3.8) is 0 Å². The van der Waals surface area contributed by atoms with Crippen LogP contribution in [0.1, 0.15) is 11.1 Å². The molecule has 2 rings (SSSR count). The Hall–Kier alpha value is -1.29. The molecule has 0 aliphatic heterocycles. The summed E-state index contributed by atoms with van der Waals surface area (Å²) < 4.78 is 0. The molecule has 0 saturated heterocycles. The molecule has 20 heavy (non-hydrogen) atoms. The molecule has 2 aromatic rings. The van der Waals surface area contributed by atoms with Crippen LogP contribution >= 0.6 is 35.4 Å². The van der Waals surface area contributed by atoms with Crippen LogP contribution in [0.4, 0.5) is 0 Å². The molecular formula is C15H14Cl2N2S. The summed E-state index contributed by atoms with van der Waals surface area (Å²) in [6, 6.07) is 15.3. The molecule has 2 nitrogen and oxygen atoms in total. The summed E-state index contributed by atoms with van der Waals surface area (Å²) in [6.07, 6.45) is 0. The molecule has 2 N–H and O–H groups in total. The topological polar surface area (TPSA) is 24.1 Å². The molecule has 0 aliphatic carbocycles.